The number of hydrogen-bond acceptors (Lipinski definition) is 4. The summed E-state index contributed by atoms with van der Waals surface area (Å²) in [6.45, 7) is 4.14. The summed E-state index contributed by atoms with van der Waals surface area (Å²) < 4.78 is 5.08. The van der Waals surface area contributed by atoms with Crippen molar-refractivity contribution < 1.29 is 9.53 Å². The van der Waals surface area contributed by atoms with Crippen molar-refractivity contribution in [2.75, 3.05) is 0 Å². The molecule has 0 fully saturated rings. The van der Waals surface area contributed by atoms with Gasteiger partial charge in [-0.25, -0.2) is 4.79 Å². The molecule has 0 aliphatic heterocycles. The van der Waals surface area contributed by atoms with Gasteiger partial charge in [0.15, 0.2) is 0 Å². The van der Waals surface area contributed by atoms with E-state index in [2.05, 4.69) is 17.2 Å². The average molecular weight is 275 g/mol. The van der Waals surface area contributed by atoms with E-state index in [1.165, 1.54) is 11.3 Å². The quantitative estimate of drug-likeness (QED) is 0.913. The van der Waals surface area contributed by atoms with E-state index in [9.17, 15) is 4.79 Å². The second kappa shape index (κ2) is 6.89. The van der Waals surface area contributed by atoms with E-state index in [0.29, 0.717) is 6.42 Å². The van der Waals surface area contributed by atoms with Crippen LogP contribution in [-0.2, 0) is 17.8 Å². The van der Waals surface area contributed by atoms with Gasteiger partial charge >= 0.3 is 6.09 Å². The summed E-state index contributed by atoms with van der Waals surface area (Å²) in [6, 6.07) is 9.67. The lowest BCUT2D eigenvalue weighted by Gasteiger charge is -2.13. The van der Waals surface area contributed by atoms with Gasteiger partial charge in [0.1, 0.15) is 6.61 Å². The zero-order chi connectivity index (χ0) is 13.5. The molecule has 0 aliphatic carbocycles. The van der Waals surface area contributed by atoms with Crippen LogP contribution in [0.1, 0.15) is 10.4 Å². The summed E-state index contributed by atoms with van der Waals surface area (Å²) in [6.07, 6.45) is 1.91. The Hall–Kier alpha value is -1.88. The van der Waals surface area contributed by atoms with E-state index >= 15 is 0 Å². The number of thiazole rings is 1. The summed E-state index contributed by atoms with van der Waals surface area (Å²) in [4.78, 5) is 16.4. The lowest BCUT2D eigenvalue weighted by molar-refractivity contribution is 0.138. The number of alkyl carbamates (subject to hydrolysis) is 1. The second-order valence-electron chi connectivity index (χ2n) is 4.07. The molecular formula is C14H15N2O2S. The Labute approximate surface area is 116 Å². The number of carbonyl (C=O) groups is 1. The minimum Gasteiger partial charge on any atom is -0.444 e. The molecule has 4 nitrogen and oxygen atoms in total. The largest absolute Gasteiger partial charge is 0.444 e. The Kier molecular flexibility index (Phi) is 4.92. The first-order chi connectivity index (χ1) is 9.24. The minimum atomic E-state index is -0.454. The van der Waals surface area contributed by atoms with E-state index in [1.807, 2.05) is 30.3 Å². The monoisotopic (exact) mass is 275 g/mol. The number of benzene rings is 1. The summed E-state index contributed by atoms with van der Waals surface area (Å²) in [7, 11) is 0. The predicted molar refractivity (Wildman–Crippen MR) is 74.7 cm³/mol. The molecule has 0 saturated heterocycles. The van der Waals surface area contributed by atoms with Crippen molar-refractivity contribution in [3.05, 3.63) is 59.4 Å². The first kappa shape index (κ1) is 13.5. The fraction of sp³-hybridized carbons (Fsp3) is 0.214. The van der Waals surface area contributed by atoms with Crippen molar-refractivity contribution in [3.63, 3.8) is 0 Å². The summed E-state index contributed by atoms with van der Waals surface area (Å²) >= 11 is 1.45. The van der Waals surface area contributed by atoms with Crippen molar-refractivity contribution in [2.45, 2.75) is 19.1 Å². The van der Waals surface area contributed by atoms with Gasteiger partial charge in [-0.05, 0) is 18.9 Å². The van der Waals surface area contributed by atoms with Crippen molar-refractivity contribution in [1.82, 2.24) is 10.3 Å². The van der Waals surface area contributed by atoms with Gasteiger partial charge in [-0.3, -0.25) is 4.98 Å². The summed E-state index contributed by atoms with van der Waals surface area (Å²) in [5.74, 6) is 0. The van der Waals surface area contributed by atoms with Crippen LogP contribution in [0.3, 0.4) is 0 Å². The molecule has 99 valence electrons. The highest BCUT2D eigenvalue weighted by atomic mass is 32.1. The van der Waals surface area contributed by atoms with Crippen LogP contribution < -0.4 is 5.32 Å². The molecular weight excluding hydrogens is 260 g/mol. The van der Waals surface area contributed by atoms with E-state index in [4.69, 9.17) is 4.74 Å². The molecule has 0 saturated carbocycles. The molecule has 1 N–H and O–H groups in total. The van der Waals surface area contributed by atoms with Gasteiger partial charge < -0.3 is 10.1 Å². The predicted octanol–water partition coefficient (Wildman–Crippen LogP) is 2.81. The standard InChI is InChI=1S/C14H15N2O2S/c1-11(7-12-5-3-2-4-6-12)16-14(17)18-9-13-8-15-10-19-13/h2-6,8,10-11H,1,7,9H2,(H,16,17). The van der Waals surface area contributed by atoms with Gasteiger partial charge in [0, 0.05) is 12.2 Å². The van der Waals surface area contributed by atoms with Gasteiger partial charge in [-0.2, -0.15) is 0 Å². The first-order valence-electron chi connectivity index (χ1n) is 5.91. The molecule has 1 radical (unpaired) electrons. The number of amides is 1. The van der Waals surface area contributed by atoms with Crippen LogP contribution in [0.15, 0.2) is 42.0 Å². The van der Waals surface area contributed by atoms with Gasteiger partial charge in [0.25, 0.3) is 0 Å². The second-order valence-corrected chi connectivity index (χ2v) is 5.05. The molecule has 0 aliphatic rings. The molecule has 1 amide bonds. The molecule has 0 bridgehead atoms. The Morgan fingerprint density at radius 1 is 1.42 bits per heavy atom. The first-order valence-corrected chi connectivity index (χ1v) is 6.79. The van der Waals surface area contributed by atoms with Crippen molar-refractivity contribution in [3.8, 4) is 0 Å². The summed E-state index contributed by atoms with van der Waals surface area (Å²) in [5, 5.41) is 2.70. The highest BCUT2D eigenvalue weighted by molar-refractivity contribution is 7.09. The third-order valence-corrected chi connectivity index (χ3v) is 3.23. The van der Waals surface area contributed by atoms with Crippen LogP contribution in [-0.4, -0.2) is 17.1 Å². The van der Waals surface area contributed by atoms with E-state index in [1.54, 1.807) is 11.7 Å². The molecule has 5 heteroatoms. The van der Waals surface area contributed by atoms with E-state index in [-0.39, 0.29) is 12.6 Å². The molecule has 1 aromatic heterocycles. The number of carbonyl (C=O) groups excluding carboxylic acids is 1. The lowest BCUT2D eigenvalue weighted by atomic mass is 10.1. The Morgan fingerprint density at radius 3 is 2.89 bits per heavy atom. The number of nitrogens with zero attached hydrogens (tertiary/aromatic N) is 1. The van der Waals surface area contributed by atoms with Gasteiger partial charge in [0.2, 0.25) is 0 Å². The maximum atomic E-state index is 11.5. The normalized spacial score (nSPS) is 11.8. The molecule has 1 heterocycles. The third kappa shape index (κ3) is 4.71. The van der Waals surface area contributed by atoms with E-state index < -0.39 is 6.09 Å². The van der Waals surface area contributed by atoms with Crippen LogP contribution in [0.5, 0.6) is 0 Å². The zero-order valence-corrected chi connectivity index (χ0v) is 11.2. The molecule has 2 rings (SSSR count). The lowest BCUT2D eigenvalue weighted by Crippen LogP contribution is -2.34. The average Bonchev–Trinajstić information content (AvgIpc) is 2.90. The van der Waals surface area contributed by atoms with Crippen molar-refractivity contribution in [1.29, 1.82) is 0 Å². The smallest absolute Gasteiger partial charge is 0.407 e. The zero-order valence-electron chi connectivity index (χ0n) is 10.4. The van der Waals surface area contributed by atoms with Gasteiger partial charge in [-0.1, -0.05) is 30.3 Å². The third-order valence-electron chi connectivity index (χ3n) is 2.48. The molecule has 19 heavy (non-hydrogen) atoms. The molecule has 1 atom stereocenters. The van der Waals surface area contributed by atoms with Crippen molar-refractivity contribution in [2.24, 2.45) is 0 Å². The number of nitrogens with one attached hydrogen (secondary N) is 1. The highest BCUT2D eigenvalue weighted by Gasteiger charge is 2.09. The van der Waals surface area contributed by atoms with Crippen LogP contribution >= 0.6 is 11.3 Å². The van der Waals surface area contributed by atoms with Crippen LogP contribution in [0, 0.1) is 6.92 Å². The fourth-order valence-corrected chi connectivity index (χ4v) is 2.11. The van der Waals surface area contributed by atoms with E-state index in [0.717, 1.165) is 10.4 Å². The van der Waals surface area contributed by atoms with Crippen LogP contribution in [0.25, 0.3) is 0 Å². The number of rotatable bonds is 5. The van der Waals surface area contributed by atoms with Crippen LogP contribution in [0.2, 0.25) is 0 Å². The Morgan fingerprint density at radius 2 is 2.21 bits per heavy atom. The summed E-state index contributed by atoms with van der Waals surface area (Å²) in [5.41, 5.74) is 2.83. The van der Waals surface area contributed by atoms with Crippen LogP contribution in [0.4, 0.5) is 4.79 Å². The fourth-order valence-electron chi connectivity index (χ4n) is 1.61. The van der Waals surface area contributed by atoms with Crippen molar-refractivity contribution >= 4 is 17.4 Å². The molecule has 1 unspecified atom stereocenters. The number of aromatic nitrogens is 1. The maximum Gasteiger partial charge on any atom is 0.407 e. The highest BCUT2D eigenvalue weighted by Crippen LogP contribution is 2.07. The topological polar surface area (TPSA) is 51.2 Å². The minimum absolute atomic E-state index is 0.212. The molecule has 1 aromatic carbocycles. The Balaban J connectivity index is 1.72. The maximum absolute atomic E-state index is 11.5. The SMILES string of the molecule is [CH2]C(Cc1ccccc1)NC(=O)OCc1cncs1. The van der Waals surface area contributed by atoms with Gasteiger partial charge in [0.05, 0.1) is 10.4 Å². The van der Waals surface area contributed by atoms with Gasteiger partial charge in [-0.15, -0.1) is 11.3 Å². The molecule has 0 spiro atoms. The molecule has 2 aromatic rings. The Bertz CT molecular complexity index is 499. The number of hydrogen-bond donors (Lipinski definition) is 1. The number of ether oxygens (including phenoxy) is 1.